The predicted octanol–water partition coefficient (Wildman–Crippen LogP) is 6.52. The van der Waals surface area contributed by atoms with E-state index in [4.69, 9.17) is 9.84 Å². The van der Waals surface area contributed by atoms with Gasteiger partial charge in [0.2, 0.25) is 0 Å². The Labute approximate surface area is 176 Å². The Morgan fingerprint density at radius 2 is 1.93 bits per heavy atom. The number of ether oxygens (including phenoxy) is 1. The summed E-state index contributed by atoms with van der Waals surface area (Å²) in [5.74, 6) is 1.07. The van der Waals surface area contributed by atoms with Crippen LogP contribution >= 0.6 is 0 Å². The lowest BCUT2D eigenvalue weighted by Crippen LogP contribution is -2.09. The van der Waals surface area contributed by atoms with Gasteiger partial charge in [0.1, 0.15) is 11.6 Å². The monoisotopic (exact) mass is 406 g/mol. The van der Waals surface area contributed by atoms with Gasteiger partial charge in [-0.25, -0.2) is 9.18 Å². The van der Waals surface area contributed by atoms with Crippen LogP contribution in [-0.2, 0) is 4.79 Å². The fraction of sp³-hybridized carbons (Fsp3) is 0.346. The second kappa shape index (κ2) is 8.86. The molecule has 3 aromatic carbocycles. The number of benzene rings is 3. The molecule has 0 radical (unpaired) electrons. The molecule has 156 valence electrons. The van der Waals surface area contributed by atoms with E-state index in [0.717, 1.165) is 17.2 Å². The third-order valence-electron chi connectivity index (χ3n) is 6.35. The molecule has 4 heteroatoms. The molecule has 1 aliphatic carbocycles. The molecule has 0 spiro atoms. The van der Waals surface area contributed by atoms with Gasteiger partial charge < -0.3 is 9.84 Å². The summed E-state index contributed by atoms with van der Waals surface area (Å²) < 4.78 is 18.8. The second-order valence-corrected chi connectivity index (χ2v) is 8.48. The Morgan fingerprint density at radius 1 is 1.13 bits per heavy atom. The number of halogens is 1. The first-order chi connectivity index (χ1) is 14.5. The number of hydrogen-bond acceptors (Lipinski definition) is 2. The Kier molecular flexibility index (Phi) is 6.03. The van der Waals surface area contributed by atoms with Gasteiger partial charge >= 0.3 is 5.97 Å². The maximum atomic E-state index is 13.6. The zero-order valence-corrected chi connectivity index (χ0v) is 17.2. The van der Waals surface area contributed by atoms with Crippen LogP contribution in [0.2, 0.25) is 0 Å². The van der Waals surface area contributed by atoms with Crippen molar-refractivity contribution in [3.05, 3.63) is 77.6 Å². The molecule has 3 atom stereocenters. The SMILES string of the molecule is C[C@@H](CC1CC[C@@H](c2ccc(OCC(=O)O)cc2)C1)c1cccc2cc(F)ccc12. The van der Waals surface area contributed by atoms with Gasteiger partial charge in [0.15, 0.2) is 6.61 Å². The molecular formula is C26H27FO3. The van der Waals surface area contributed by atoms with Crippen molar-refractivity contribution in [1.29, 1.82) is 0 Å². The second-order valence-electron chi connectivity index (χ2n) is 8.48. The molecule has 0 saturated heterocycles. The highest BCUT2D eigenvalue weighted by Crippen LogP contribution is 2.43. The van der Waals surface area contributed by atoms with E-state index in [1.165, 1.54) is 30.4 Å². The minimum Gasteiger partial charge on any atom is -0.482 e. The molecule has 0 amide bonds. The summed E-state index contributed by atoms with van der Waals surface area (Å²) in [7, 11) is 0. The lowest BCUT2D eigenvalue weighted by molar-refractivity contribution is -0.139. The van der Waals surface area contributed by atoms with Gasteiger partial charge in [-0.1, -0.05) is 43.3 Å². The van der Waals surface area contributed by atoms with E-state index in [0.29, 0.717) is 23.5 Å². The van der Waals surface area contributed by atoms with E-state index in [1.807, 2.05) is 30.3 Å². The van der Waals surface area contributed by atoms with Crippen molar-refractivity contribution in [2.75, 3.05) is 6.61 Å². The highest BCUT2D eigenvalue weighted by Gasteiger charge is 2.27. The van der Waals surface area contributed by atoms with E-state index < -0.39 is 5.97 Å². The fourth-order valence-corrected chi connectivity index (χ4v) is 4.91. The minimum absolute atomic E-state index is 0.190. The van der Waals surface area contributed by atoms with Crippen LogP contribution in [0.3, 0.4) is 0 Å². The van der Waals surface area contributed by atoms with Gasteiger partial charge in [0, 0.05) is 0 Å². The van der Waals surface area contributed by atoms with E-state index in [9.17, 15) is 9.18 Å². The number of carboxylic acid groups (broad SMARTS) is 1. The molecule has 1 N–H and O–H groups in total. The molecular weight excluding hydrogens is 379 g/mol. The van der Waals surface area contributed by atoms with E-state index in [-0.39, 0.29) is 12.4 Å². The highest BCUT2D eigenvalue weighted by molar-refractivity contribution is 5.86. The standard InChI is InChI=1S/C26H27FO3/c1-17(24-4-2-3-21-15-22(27)9-12-25(21)24)13-18-5-6-20(14-18)19-7-10-23(11-8-19)30-16-26(28)29/h2-4,7-12,15,17-18,20H,5-6,13-14,16H2,1H3,(H,28,29)/t17-,18?,20+/m0/s1. The Bertz CT molecular complexity index is 1030. The van der Waals surface area contributed by atoms with E-state index >= 15 is 0 Å². The third kappa shape index (κ3) is 4.64. The average Bonchev–Trinajstić information content (AvgIpc) is 3.20. The molecule has 3 nitrogen and oxygen atoms in total. The smallest absolute Gasteiger partial charge is 0.341 e. The van der Waals surface area contributed by atoms with Crippen LogP contribution in [0.5, 0.6) is 5.75 Å². The van der Waals surface area contributed by atoms with Gasteiger partial charge in [0.05, 0.1) is 0 Å². The zero-order chi connectivity index (χ0) is 21.1. The quantitative estimate of drug-likeness (QED) is 0.486. The van der Waals surface area contributed by atoms with Gasteiger partial charge in [-0.3, -0.25) is 0 Å². The van der Waals surface area contributed by atoms with Crippen molar-refractivity contribution in [2.45, 2.75) is 44.4 Å². The predicted molar refractivity (Wildman–Crippen MR) is 117 cm³/mol. The molecule has 1 unspecified atom stereocenters. The van der Waals surface area contributed by atoms with Crippen LogP contribution in [0.1, 0.15) is 55.6 Å². The summed E-state index contributed by atoms with van der Waals surface area (Å²) in [5.41, 5.74) is 2.60. The first-order valence-corrected chi connectivity index (χ1v) is 10.6. The molecule has 0 bridgehead atoms. The van der Waals surface area contributed by atoms with Gasteiger partial charge in [-0.05, 0) is 89.6 Å². The van der Waals surface area contributed by atoms with Crippen LogP contribution in [0.15, 0.2) is 60.7 Å². The number of rotatable bonds is 7. The molecule has 30 heavy (non-hydrogen) atoms. The van der Waals surface area contributed by atoms with E-state index in [2.05, 4.69) is 25.1 Å². The Balaban J connectivity index is 1.39. The lowest BCUT2D eigenvalue weighted by Gasteiger charge is -2.19. The average molecular weight is 406 g/mol. The van der Waals surface area contributed by atoms with Crippen molar-refractivity contribution in [1.82, 2.24) is 0 Å². The molecule has 3 aromatic rings. The summed E-state index contributed by atoms with van der Waals surface area (Å²) >= 11 is 0. The van der Waals surface area contributed by atoms with Gasteiger partial charge in [-0.2, -0.15) is 0 Å². The Morgan fingerprint density at radius 3 is 2.70 bits per heavy atom. The van der Waals surface area contributed by atoms with Crippen molar-refractivity contribution < 1.29 is 19.0 Å². The number of aliphatic carboxylic acids is 1. The van der Waals surface area contributed by atoms with E-state index in [1.54, 1.807) is 12.1 Å². The zero-order valence-electron chi connectivity index (χ0n) is 17.2. The van der Waals surface area contributed by atoms with Crippen molar-refractivity contribution in [3.63, 3.8) is 0 Å². The maximum Gasteiger partial charge on any atom is 0.341 e. The van der Waals surface area contributed by atoms with Crippen LogP contribution in [0.25, 0.3) is 10.8 Å². The number of carboxylic acids is 1. The number of carbonyl (C=O) groups is 1. The van der Waals surface area contributed by atoms with Gasteiger partial charge in [-0.15, -0.1) is 0 Å². The molecule has 1 saturated carbocycles. The fourth-order valence-electron chi connectivity index (χ4n) is 4.91. The molecule has 1 aliphatic rings. The first kappa shape index (κ1) is 20.4. The first-order valence-electron chi connectivity index (χ1n) is 10.6. The van der Waals surface area contributed by atoms with Crippen LogP contribution in [0.4, 0.5) is 4.39 Å². The number of fused-ring (bicyclic) bond motifs is 1. The van der Waals surface area contributed by atoms with Crippen molar-refractivity contribution in [2.24, 2.45) is 5.92 Å². The number of hydrogen-bond donors (Lipinski definition) is 1. The summed E-state index contributed by atoms with van der Waals surface area (Å²) in [4.78, 5) is 10.6. The highest BCUT2D eigenvalue weighted by atomic mass is 19.1. The molecule has 0 aliphatic heterocycles. The third-order valence-corrected chi connectivity index (χ3v) is 6.35. The van der Waals surface area contributed by atoms with Crippen LogP contribution in [0, 0.1) is 11.7 Å². The van der Waals surface area contributed by atoms with Crippen molar-refractivity contribution in [3.8, 4) is 5.75 Å². The lowest BCUT2D eigenvalue weighted by atomic mass is 9.86. The minimum atomic E-state index is -0.969. The summed E-state index contributed by atoms with van der Waals surface area (Å²) in [5, 5.41) is 10.8. The molecule has 1 fully saturated rings. The van der Waals surface area contributed by atoms with Crippen molar-refractivity contribution >= 4 is 16.7 Å². The van der Waals surface area contributed by atoms with Crippen LogP contribution < -0.4 is 4.74 Å². The maximum absolute atomic E-state index is 13.6. The largest absolute Gasteiger partial charge is 0.482 e. The molecule has 4 rings (SSSR count). The molecule has 0 heterocycles. The van der Waals surface area contributed by atoms with Gasteiger partial charge in [0.25, 0.3) is 0 Å². The summed E-state index contributed by atoms with van der Waals surface area (Å²) in [6.45, 7) is 1.96. The van der Waals surface area contributed by atoms with Crippen LogP contribution in [-0.4, -0.2) is 17.7 Å². The summed E-state index contributed by atoms with van der Waals surface area (Å²) in [6.07, 6.45) is 4.69. The molecule has 0 aromatic heterocycles. The Hall–Kier alpha value is -2.88. The normalized spacial score (nSPS) is 19.7. The summed E-state index contributed by atoms with van der Waals surface area (Å²) in [6, 6.07) is 19.1. The topological polar surface area (TPSA) is 46.5 Å².